The molecule has 29 heteroatoms. The Morgan fingerprint density at radius 3 is 0.633 bits per heavy atom. The average Bonchev–Trinajstić information content (AvgIpc) is 0.756. The molecule has 109 heavy (non-hydrogen) atoms. The van der Waals surface area contributed by atoms with E-state index in [9.17, 15) is 80.5 Å². The summed E-state index contributed by atoms with van der Waals surface area (Å²) in [5, 5.41) is 127. The first kappa shape index (κ1) is 79.4. The van der Waals surface area contributed by atoms with Gasteiger partial charge < -0.3 is 85.0 Å². The predicted molar refractivity (Wildman–Crippen MR) is 415 cm³/mol. The molecule has 0 radical (unpaired) electrons. The maximum Gasteiger partial charge on any atom is 4.00 e. The number of aromatic carboxylic acids is 4. The van der Waals surface area contributed by atoms with E-state index in [1.165, 1.54) is 54.6 Å². The van der Waals surface area contributed by atoms with Gasteiger partial charge in [-0.05, 0) is 198 Å². The van der Waals surface area contributed by atoms with Gasteiger partial charge in [0.05, 0.1) is 36.1 Å². The second kappa shape index (κ2) is 32.4. The number of halogens is 8. The standard InChI is InChI=1S/4C20H12Br2O5.Zr/c4*21-16-13(23)7-5-11-15(9-3-1-2-4-10(9)20(25)26)12-6-8-14(24)17(22)19(12)27-18(11)16;/h4*1-8,15,23-24H,(H,25,26);/q;;;;+4/p-4. The van der Waals surface area contributed by atoms with Crippen LogP contribution in [0.3, 0.4) is 0 Å². The van der Waals surface area contributed by atoms with E-state index < -0.39 is 47.5 Å². The first-order valence-corrected chi connectivity index (χ1v) is 38.0. The molecule has 12 aromatic carbocycles. The number of phenolic OH excluding ortho intramolecular Hbond substituents is 5. The van der Waals surface area contributed by atoms with Crippen molar-refractivity contribution in [3.05, 3.63) is 319 Å². The van der Waals surface area contributed by atoms with Gasteiger partial charge >= 0.3 is 44.1 Å². The van der Waals surface area contributed by atoms with E-state index in [1.54, 1.807) is 140 Å². The molecule has 4 heterocycles. The molecule has 0 bridgehead atoms. The number of rotatable bonds is 8. The van der Waals surface area contributed by atoms with Crippen molar-refractivity contribution in [3.63, 3.8) is 0 Å². The Hall–Kier alpha value is -9.16. The van der Waals surface area contributed by atoms with Crippen molar-refractivity contribution in [1.29, 1.82) is 0 Å². The van der Waals surface area contributed by atoms with Crippen molar-refractivity contribution < 1.29 is 126 Å². The van der Waals surface area contributed by atoms with Gasteiger partial charge in [0, 0.05) is 73.7 Å². The fourth-order valence-electron chi connectivity index (χ4n) is 13.3. The number of carboxylic acid groups (broad SMARTS) is 4. The molecule has 0 aromatic heterocycles. The third-order valence-electron chi connectivity index (χ3n) is 18.1. The van der Waals surface area contributed by atoms with Crippen LogP contribution in [0.15, 0.2) is 230 Å². The van der Waals surface area contributed by atoms with Crippen molar-refractivity contribution in [1.82, 2.24) is 0 Å². The first-order chi connectivity index (χ1) is 51.6. The quantitative estimate of drug-likeness (QED) is 0.0700. The van der Waals surface area contributed by atoms with Gasteiger partial charge in [-0.1, -0.05) is 163 Å². The van der Waals surface area contributed by atoms with E-state index in [0.29, 0.717) is 124 Å². The van der Waals surface area contributed by atoms with E-state index in [4.69, 9.17) is 18.9 Å². The topological polar surface area (TPSA) is 359 Å². The zero-order valence-corrected chi connectivity index (χ0v) is 69.9. The zero-order valence-electron chi connectivity index (χ0n) is 54.8. The van der Waals surface area contributed by atoms with E-state index in [0.717, 1.165) is 0 Å². The Morgan fingerprint density at radius 1 is 0.257 bits per heavy atom. The van der Waals surface area contributed by atoms with Crippen molar-refractivity contribution in [2.24, 2.45) is 0 Å². The fraction of sp³-hybridized carbons (Fsp3) is 0.0500. The number of benzene rings is 12. The van der Waals surface area contributed by atoms with E-state index >= 15 is 0 Å². The Kier molecular flexibility index (Phi) is 23.6. The molecule has 544 valence electrons. The van der Waals surface area contributed by atoms with Crippen LogP contribution in [0, 0.1) is 0 Å². The molecule has 0 saturated heterocycles. The number of hydrogen-bond donors (Lipinski definition) is 8. The molecule has 4 aliphatic rings. The van der Waals surface area contributed by atoms with Gasteiger partial charge in [-0.2, -0.15) is 0 Å². The zero-order chi connectivity index (χ0) is 77.2. The van der Waals surface area contributed by atoms with Crippen LogP contribution in [0.5, 0.6) is 92.0 Å². The summed E-state index contributed by atoms with van der Waals surface area (Å²) in [5.41, 5.74) is 8.19. The second-order valence-corrected chi connectivity index (χ2v) is 30.5. The second-order valence-electron chi connectivity index (χ2n) is 24.2. The van der Waals surface area contributed by atoms with Gasteiger partial charge in [0.1, 0.15) is 97.1 Å². The van der Waals surface area contributed by atoms with Gasteiger partial charge in [0.25, 0.3) is 0 Å². The van der Waals surface area contributed by atoms with Crippen LogP contribution < -0.4 is 39.4 Å². The van der Waals surface area contributed by atoms with Crippen LogP contribution in [0.25, 0.3) is 0 Å². The van der Waals surface area contributed by atoms with Gasteiger partial charge in [-0.25, -0.2) is 14.4 Å². The molecule has 0 amide bonds. The monoisotopic (exact) mass is 2050 g/mol. The Bertz CT molecular complexity index is 4850. The molecule has 16 rings (SSSR count). The molecule has 4 aliphatic heterocycles. The smallest absolute Gasteiger partial charge is 0.872 e. The number of carbonyl (C=O) groups excluding carboxylic acids is 1. The molecule has 20 nitrogen and oxygen atoms in total. The Balaban J connectivity index is 0.000000135. The van der Waals surface area contributed by atoms with E-state index in [2.05, 4.69) is 127 Å². The minimum atomic E-state index is -1.31. The fourth-order valence-corrected chi connectivity index (χ4v) is 16.8. The first-order valence-electron chi connectivity index (χ1n) is 31.6. The SMILES string of the molecule is O=C(O)c1ccccc1C1c2ccc(O)c(Br)c2Oc2c1ccc(O)c2Br.O=C(O)c1ccccc1C1c2ccc(O)c(Br)c2Oc2c1ccc(O)c2Br.O=C(O)c1ccccc1C1c2ccc([O-])c(Br)c2Oc2c1ccc(O)c2Br.O=C([O-])c1ccccc1C1c2ccc([O-])c(Br)c2Oc2c1ccc([O-])c2Br.[Zr+4]. The summed E-state index contributed by atoms with van der Waals surface area (Å²) in [6.45, 7) is 0. The third-order valence-corrected chi connectivity index (χ3v) is 24.2. The summed E-state index contributed by atoms with van der Waals surface area (Å²) < 4.78 is 26.3. The number of aromatic hydroxyl groups is 5. The molecular formula is C80H44Br8O20Zr. The number of phenols is 5. The maximum atomic E-state index is 12.1. The number of hydrogen-bond acceptors (Lipinski definition) is 17. The van der Waals surface area contributed by atoms with Crippen molar-refractivity contribution in [2.45, 2.75) is 23.7 Å². The average molecular weight is 2060 g/mol. The summed E-state index contributed by atoms with van der Waals surface area (Å²) in [6.07, 6.45) is 0. The summed E-state index contributed by atoms with van der Waals surface area (Å²) in [7, 11) is 0. The molecule has 12 aromatic rings. The van der Waals surface area contributed by atoms with Crippen LogP contribution in [0.2, 0.25) is 0 Å². The summed E-state index contributed by atoms with van der Waals surface area (Å²) >= 11 is 26.5. The molecular weight excluding hydrogens is 2010 g/mol. The summed E-state index contributed by atoms with van der Waals surface area (Å²) in [4.78, 5) is 47.1. The number of carbonyl (C=O) groups is 4. The molecule has 0 spiro atoms. The summed E-state index contributed by atoms with van der Waals surface area (Å²) in [6, 6.07) is 52.0. The van der Waals surface area contributed by atoms with Gasteiger partial charge in [0.2, 0.25) is 0 Å². The third kappa shape index (κ3) is 14.7. The molecule has 1 atom stereocenters. The predicted octanol–water partition coefficient (Wildman–Crippen LogP) is 19.2. The van der Waals surface area contributed by atoms with Gasteiger partial charge in [-0.3, -0.25) is 0 Å². The van der Waals surface area contributed by atoms with E-state index in [1.807, 2.05) is 0 Å². The van der Waals surface area contributed by atoms with Gasteiger partial charge in [0.15, 0.2) is 0 Å². The normalized spacial score (nSPS) is 13.2. The van der Waals surface area contributed by atoms with Crippen molar-refractivity contribution >= 4 is 151 Å². The van der Waals surface area contributed by atoms with Crippen LogP contribution in [-0.4, -0.2) is 64.7 Å². The molecule has 8 N–H and O–H groups in total. The largest absolute Gasteiger partial charge is 4.00 e. The molecule has 0 aliphatic carbocycles. The minimum absolute atomic E-state index is 0. The van der Waals surface area contributed by atoms with Gasteiger partial charge in [-0.15, -0.1) is 0 Å². The van der Waals surface area contributed by atoms with Crippen LogP contribution in [0.4, 0.5) is 0 Å². The molecule has 1 unspecified atom stereocenters. The van der Waals surface area contributed by atoms with Crippen LogP contribution >= 0.6 is 127 Å². The Labute approximate surface area is 704 Å². The minimum Gasteiger partial charge on any atom is -0.872 e. The number of ether oxygens (including phenoxy) is 4. The van der Waals surface area contributed by atoms with Crippen molar-refractivity contribution in [2.75, 3.05) is 0 Å². The maximum absolute atomic E-state index is 12.1. The van der Waals surface area contributed by atoms with Crippen molar-refractivity contribution in [3.8, 4) is 92.0 Å². The van der Waals surface area contributed by atoms with Crippen LogP contribution in [0.1, 0.15) is 132 Å². The summed E-state index contributed by atoms with van der Waals surface area (Å²) in [5.74, 6) is -4.50. The number of fused-ring (bicyclic) bond motifs is 8. The molecule has 0 saturated carbocycles. The number of carboxylic acids is 4. The molecule has 0 fully saturated rings. The van der Waals surface area contributed by atoms with Crippen LogP contribution in [-0.2, 0) is 26.2 Å². The Morgan fingerprint density at radius 2 is 0.431 bits per heavy atom. The van der Waals surface area contributed by atoms with E-state index in [-0.39, 0.29) is 119 Å².